The number of hydrogen-bond donors (Lipinski definition) is 0. The van der Waals surface area contributed by atoms with E-state index in [1.165, 1.54) is 0 Å². The highest BCUT2D eigenvalue weighted by Crippen LogP contribution is 2.13. The van der Waals surface area contributed by atoms with Crippen molar-refractivity contribution in [2.45, 2.75) is 33.2 Å². The molecule has 3 nitrogen and oxygen atoms in total. The van der Waals surface area contributed by atoms with Gasteiger partial charge < -0.3 is 0 Å². The normalized spacial score (nSPS) is 10.8. The van der Waals surface area contributed by atoms with Gasteiger partial charge in [-0.15, -0.1) is 0 Å². The number of aromatic nitrogens is 2. The van der Waals surface area contributed by atoms with Crippen LogP contribution in [0.3, 0.4) is 0 Å². The first-order valence-corrected chi connectivity index (χ1v) is 6.59. The number of benzene rings is 1. The largest absolute Gasteiger partial charge is 0.292 e. The Bertz CT molecular complexity index is 635. The van der Waals surface area contributed by atoms with Crippen molar-refractivity contribution in [2.75, 3.05) is 0 Å². The van der Waals surface area contributed by atoms with Gasteiger partial charge in [-0.25, -0.2) is 8.78 Å². The molecular formula is C15H16F2N2O. The number of nitrogens with zero attached hydrogens (tertiary/aromatic N) is 2. The molecule has 2 aromatic rings. The van der Waals surface area contributed by atoms with Gasteiger partial charge in [-0.05, 0) is 37.1 Å². The molecule has 0 spiro atoms. The van der Waals surface area contributed by atoms with Crippen molar-refractivity contribution in [3.8, 4) is 0 Å². The van der Waals surface area contributed by atoms with Crippen LogP contribution in [0.2, 0.25) is 0 Å². The van der Waals surface area contributed by atoms with E-state index in [-0.39, 0.29) is 12.1 Å². The molecule has 0 atom stereocenters. The summed E-state index contributed by atoms with van der Waals surface area (Å²) >= 11 is 0. The zero-order valence-corrected chi connectivity index (χ0v) is 11.5. The second-order valence-corrected chi connectivity index (χ2v) is 4.54. The van der Waals surface area contributed by atoms with Gasteiger partial charge in [0.2, 0.25) is 0 Å². The molecule has 5 heteroatoms. The van der Waals surface area contributed by atoms with E-state index in [1.54, 1.807) is 4.68 Å². The quantitative estimate of drug-likeness (QED) is 0.787. The number of halogens is 2. The maximum absolute atomic E-state index is 13.6. The number of rotatable bonds is 5. The van der Waals surface area contributed by atoms with Crippen LogP contribution < -0.4 is 0 Å². The number of carbonyl (C=O) groups is 1. The lowest BCUT2D eigenvalue weighted by atomic mass is 10.1. The van der Waals surface area contributed by atoms with Gasteiger partial charge in [0.25, 0.3) is 0 Å². The van der Waals surface area contributed by atoms with E-state index in [0.29, 0.717) is 0 Å². The minimum Gasteiger partial charge on any atom is -0.292 e. The van der Waals surface area contributed by atoms with E-state index < -0.39 is 17.4 Å². The molecule has 0 radical (unpaired) electrons. The molecule has 0 N–H and O–H groups in total. The molecule has 0 saturated carbocycles. The van der Waals surface area contributed by atoms with Crippen LogP contribution in [0.4, 0.5) is 8.78 Å². The van der Waals surface area contributed by atoms with E-state index in [1.807, 2.05) is 19.9 Å². The van der Waals surface area contributed by atoms with Crippen molar-refractivity contribution in [3.05, 3.63) is 52.9 Å². The number of hydrogen-bond acceptors (Lipinski definition) is 2. The standard InChI is InChI=1S/C15H16F2N2O/c1-3-11-8-12(4-2)19(18-11)9-15(20)13-7-10(16)5-6-14(13)17/h5-8H,3-4,9H2,1-2H3. The number of Topliss-reactive ketones (excluding diaryl/α,β-unsaturated/α-hetero) is 1. The van der Waals surface area contributed by atoms with Crippen LogP contribution in [-0.4, -0.2) is 15.6 Å². The first-order chi connectivity index (χ1) is 9.55. The minimum atomic E-state index is -0.711. The fraction of sp³-hybridized carbons (Fsp3) is 0.333. The van der Waals surface area contributed by atoms with Gasteiger partial charge in [0.05, 0.1) is 11.3 Å². The molecule has 1 aromatic heterocycles. The van der Waals surface area contributed by atoms with Crippen LogP contribution >= 0.6 is 0 Å². The predicted octanol–water partition coefficient (Wildman–Crippen LogP) is 3.17. The van der Waals surface area contributed by atoms with Gasteiger partial charge in [0.1, 0.15) is 18.2 Å². The summed E-state index contributed by atoms with van der Waals surface area (Å²) in [4.78, 5) is 12.1. The molecule has 2 rings (SSSR count). The van der Waals surface area contributed by atoms with Crippen LogP contribution in [0.15, 0.2) is 24.3 Å². The van der Waals surface area contributed by atoms with Crippen LogP contribution in [-0.2, 0) is 19.4 Å². The molecule has 0 aliphatic rings. The van der Waals surface area contributed by atoms with Gasteiger partial charge >= 0.3 is 0 Å². The fourth-order valence-electron chi connectivity index (χ4n) is 2.04. The van der Waals surface area contributed by atoms with Gasteiger partial charge in [-0.2, -0.15) is 5.10 Å². The van der Waals surface area contributed by atoms with Crippen molar-refractivity contribution < 1.29 is 13.6 Å². The highest BCUT2D eigenvalue weighted by molar-refractivity contribution is 5.96. The average molecular weight is 278 g/mol. The molecule has 20 heavy (non-hydrogen) atoms. The third-order valence-electron chi connectivity index (χ3n) is 3.16. The Hall–Kier alpha value is -2.04. The first kappa shape index (κ1) is 14.4. The highest BCUT2D eigenvalue weighted by Gasteiger charge is 2.15. The van der Waals surface area contributed by atoms with Crippen LogP contribution in [0, 0.1) is 11.6 Å². The third kappa shape index (κ3) is 2.92. The van der Waals surface area contributed by atoms with Crippen LogP contribution in [0.5, 0.6) is 0 Å². The fourth-order valence-corrected chi connectivity index (χ4v) is 2.04. The SMILES string of the molecule is CCc1cc(CC)n(CC(=O)c2cc(F)ccc2F)n1. The zero-order chi connectivity index (χ0) is 14.7. The zero-order valence-electron chi connectivity index (χ0n) is 11.5. The number of aryl methyl sites for hydroxylation is 2. The summed E-state index contributed by atoms with van der Waals surface area (Å²) in [5, 5.41) is 4.30. The Morgan fingerprint density at radius 1 is 1.20 bits per heavy atom. The van der Waals surface area contributed by atoms with Crippen LogP contribution in [0.1, 0.15) is 35.6 Å². The third-order valence-corrected chi connectivity index (χ3v) is 3.16. The Morgan fingerprint density at radius 3 is 2.60 bits per heavy atom. The maximum atomic E-state index is 13.6. The van der Waals surface area contributed by atoms with E-state index >= 15 is 0 Å². The first-order valence-electron chi connectivity index (χ1n) is 6.59. The molecule has 0 saturated heterocycles. The predicted molar refractivity (Wildman–Crippen MR) is 71.7 cm³/mol. The molecule has 1 heterocycles. The number of ketones is 1. The second kappa shape index (κ2) is 5.94. The van der Waals surface area contributed by atoms with Gasteiger partial charge in [-0.3, -0.25) is 9.48 Å². The monoisotopic (exact) mass is 278 g/mol. The molecule has 0 bridgehead atoms. The molecule has 106 valence electrons. The number of carbonyl (C=O) groups excluding carboxylic acids is 1. The molecule has 0 aliphatic heterocycles. The second-order valence-electron chi connectivity index (χ2n) is 4.54. The average Bonchev–Trinajstić information content (AvgIpc) is 2.83. The summed E-state index contributed by atoms with van der Waals surface area (Å²) in [6, 6.07) is 4.80. The van der Waals surface area contributed by atoms with Crippen LogP contribution in [0.25, 0.3) is 0 Å². The van der Waals surface area contributed by atoms with Gasteiger partial charge in [0, 0.05) is 5.69 Å². The minimum absolute atomic E-state index is 0.0798. The summed E-state index contributed by atoms with van der Waals surface area (Å²) in [7, 11) is 0. The lowest BCUT2D eigenvalue weighted by Gasteiger charge is -2.06. The van der Waals surface area contributed by atoms with E-state index in [2.05, 4.69) is 5.10 Å². The van der Waals surface area contributed by atoms with Crippen molar-refractivity contribution >= 4 is 5.78 Å². The smallest absolute Gasteiger partial charge is 0.187 e. The van der Waals surface area contributed by atoms with Crippen molar-refractivity contribution in [2.24, 2.45) is 0 Å². The molecule has 0 aliphatic carbocycles. The van der Waals surface area contributed by atoms with Gasteiger partial charge in [-0.1, -0.05) is 13.8 Å². The highest BCUT2D eigenvalue weighted by atomic mass is 19.1. The Labute approximate surface area is 116 Å². The molecule has 0 fully saturated rings. The van der Waals surface area contributed by atoms with Crippen molar-refractivity contribution in [1.29, 1.82) is 0 Å². The van der Waals surface area contributed by atoms with E-state index in [4.69, 9.17) is 0 Å². The molecule has 0 amide bonds. The topological polar surface area (TPSA) is 34.9 Å². The summed E-state index contributed by atoms with van der Waals surface area (Å²) in [5.74, 6) is -1.82. The molecule has 0 unspecified atom stereocenters. The molecule has 1 aromatic carbocycles. The Balaban J connectivity index is 2.27. The lowest BCUT2D eigenvalue weighted by Crippen LogP contribution is -2.15. The Kier molecular flexibility index (Phi) is 4.27. The maximum Gasteiger partial charge on any atom is 0.187 e. The van der Waals surface area contributed by atoms with E-state index in [9.17, 15) is 13.6 Å². The van der Waals surface area contributed by atoms with Gasteiger partial charge in [0.15, 0.2) is 5.78 Å². The lowest BCUT2D eigenvalue weighted by molar-refractivity contribution is 0.0962. The summed E-state index contributed by atoms with van der Waals surface area (Å²) < 4.78 is 28.2. The van der Waals surface area contributed by atoms with Crippen molar-refractivity contribution in [1.82, 2.24) is 9.78 Å². The summed E-state index contributed by atoms with van der Waals surface area (Å²) in [6.07, 6.45) is 1.49. The van der Waals surface area contributed by atoms with Crippen molar-refractivity contribution in [3.63, 3.8) is 0 Å². The summed E-state index contributed by atoms with van der Waals surface area (Å²) in [5.41, 5.74) is 1.56. The summed E-state index contributed by atoms with van der Waals surface area (Å²) in [6.45, 7) is 3.85. The van der Waals surface area contributed by atoms with E-state index in [0.717, 1.165) is 42.4 Å². The molecular weight excluding hydrogens is 262 g/mol. The Morgan fingerprint density at radius 2 is 1.95 bits per heavy atom.